The van der Waals surface area contributed by atoms with Gasteiger partial charge in [0.1, 0.15) is 12.9 Å². The lowest BCUT2D eigenvalue weighted by Gasteiger charge is -2.07. The molecular formula is C16H15Cl2N3O2. The summed E-state index contributed by atoms with van der Waals surface area (Å²) in [6.07, 6.45) is 2.57. The molecule has 7 heteroatoms. The Morgan fingerprint density at radius 2 is 2.04 bits per heavy atom. The molecule has 2 aromatic rings. The van der Waals surface area contributed by atoms with Gasteiger partial charge >= 0.3 is 0 Å². The first kappa shape index (κ1) is 17.4. The van der Waals surface area contributed by atoms with Crippen LogP contribution in [0.4, 0.5) is 0 Å². The van der Waals surface area contributed by atoms with Crippen molar-refractivity contribution < 1.29 is 9.63 Å². The molecule has 0 saturated heterocycles. The van der Waals surface area contributed by atoms with E-state index in [0.717, 1.165) is 5.56 Å². The van der Waals surface area contributed by atoms with E-state index in [2.05, 4.69) is 15.4 Å². The largest absolute Gasteiger partial charge is 0.399 e. The standard InChI is InChI=1S/C16H15Cl2N3O2/c1-23-21-16(11-4-6-14(17)15(18)9-11)7-5-13(22)10-12-3-2-8-19-20-12/h2-4,6,8-9H,5,7,10H2,1H3/b21-16+. The smallest absolute Gasteiger partial charge is 0.139 e. The topological polar surface area (TPSA) is 64.4 Å². The van der Waals surface area contributed by atoms with Crippen LogP contribution in [0.25, 0.3) is 0 Å². The van der Waals surface area contributed by atoms with E-state index in [-0.39, 0.29) is 12.2 Å². The molecule has 120 valence electrons. The second-order valence-corrected chi connectivity index (χ2v) is 5.59. The summed E-state index contributed by atoms with van der Waals surface area (Å²) in [5, 5.41) is 12.5. The molecule has 0 saturated carbocycles. The van der Waals surface area contributed by atoms with Crippen LogP contribution in [-0.2, 0) is 16.1 Å². The lowest BCUT2D eigenvalue weighted by molar-refractivity contribution is -0.118. The fourth-order valence-electron chi connectivity index (χ4n) is 2.00. The molecule has 0 aliphatic rings. The van der Waals surface area contributed by atoms with Crippen LogP contribution >= 0.6 is 23.2 Å². The van der Waals surface area contributed by atoms with E-state index in [4.69, 9.17) is 28.0 Å². The molecule has 0 spiro atoms. The number of ketones is 1. The molecule has 0 radical (unpaired) electrons. The number of carbonyl (C=O) groups is 1. The molecule has 0 unspecified atom stereocenters. The first-order valence-electron chi connectivity index (χ1n) is 6.94. The molecule has 0 N–H and O–H groups in total. The first-order valence-corrected chi connectivity index (χ1v) is 7.69. The third-order valence-corrected chi connectivity index (χ3v) is 3.84. The maximum Gasteiger partial charge on any atom is 0.139 e. The molecule has 1 heterocycles. The zero-order chi connectivity index (χ0) is 16.7. The Labute approximate surface area is 144 Å². The molecule has 1 aromatic carbocycles. The van der Waals surface area contributed by atoms with Crippen molar-refractivity contribution in [3.8, 4) is 0 Å². The molecule has 0 aliphatic heterocycles. The van der Waals surface area contributed by atoms with Crippen molar-refractivity contribution >= 4 is 34.7 Å². The van der Waals surface area contributed by atoms with Gasteiger partial charge in [0.05, 0.1) is 27.9 Å². The van der Waals surface area contributed by atoms with Crippen molar-refractivity contribution in [3.63, 3.8) is 0 Å². The summed E-state index contributed by atoms with van der Waals surface area (Å²) in [4.78, 5) is 16.9. The summed E-state index contributed by atoms with van der Waals surface area (Å²) in [5.41, 5.74) is 2.06. The Hall–Kier alpha value is -1.98. The number of benzene rings is 1. The molecular weight excluding hydrogens is 337 g/mol. The molecule has 0 amide bonds. The van der Waals surface area contributed by atoms with E-state index in [1.807, 2.05) is 0 Å². The van der Waals surface area contributed by atoms with Gasteiger partial charge in [-0.25, -0.2) is 0 Å². The Morgan fingerprint density at radius 1 is 1.22 bits per heavy atom. The fraction of sp³-hybridized carbons (Fsp3) is 0.250. The maximum atomic E-state index is 12.1. The third-order valence-electron chi connectivity index (χ3n) is 3.10. The number of carbonyl (C=O) groups excluding carboxylic acids is 1. The number of Topliss-reactive ketones (excluding diaryl/α,β-unsaturated/α-hetero) is 1. The van der Waals surface area contributed by atoms with Gasteiger partial charge in [0.2, 0.25) is 0 Å². The van der Waals surface area contributed by atoms with Crippen molar-refractivity contribution in [1.29, 1.82) is 0 Å². The van der Waals surface area contributed by atoms with Gasteiger partial charge in [-0.3, -0.25) is 4.79 Å². The molecule has 0 bridgehead atoms. The van der Waals surface area contributed by atoms with Crippen molar-refractivity contribution in [1.82, 2.24) is 10.2 Å². The van der Waals surface area contributed by atoms with E-state index < -0.39 is 0 Å². The van der Waals surface area contributed by atoms with E-state index in [9.17, 15) is 4.79 Å². The molecule has 1 aromatic heterocycles. The van der Waals surface area contributed by atoms with Crippen molar-refractivity contribution in [2.24, 2.45) is 5.16 Å². The van der Waals surface area contributed by atoms with E-state index in [1.54, 1.807) is 36.5 Å². The van der Waals surface area contributed by atoms with Crippen molar-refractivity contribution in [3.05, 3.63) is 57.8 Å². The van der Waals surface area contributed by atoms with Crippen molar-refractivity contribution in [2.75, 3.05) is 7.11 Å². The van der Waals surface area contributed by atoms with Gasteiger partial charge in [-0.1, -0.05) is 34.4 Å². The summed E-state index contributed by atoms with van der Waals surface area (Å²) in [5.74, 6) is 0.0503. The highest BCUT2D eigenvalue weighted by molar-refractivity contribution is 6.42. The van der Waals surface area contributed by atoms with Gasteiger partial charge < -0.3 is 4.84 Å². The molecule has 2 rings (SSSR count). The van der Waals surface area contributed by atoms with Gasteiger partial charge in [-0.05, 0) is 24.3 Å². The van der Waals surface area contributed by atoms with Gasteiger partial charge in [0, 0.05) is 24.6 Å². The van der Waals surface area contributed by atoms with Crippen LogP contribution in [0.5, 0.6) is 0 Å². The summed E-state index contributed by atoms with van der Waals surface area (Å²) in [6, 6.07) is 8.71. The van der Waals surface area contributed by atoms with Crippen LogP contribution in [-0.4, -0.2) is 28.8 Å². The van der Waals surface area contributed by atoms with Crippen LogP contribution in [0.3, 0.4) is 0 Å². The number of hydrogen-bond acceptors (Lipinski definition) is 5. The van der Waals surface area contributed by atoms with Gasteiger partial charge in [-0.2, -0.15) is 10.2 Å². The van der Waals surface area contributed by atoms with Crippen LogP contribution in [0.2, 0.25) is 10.0 Å². The molecule has 23 heavy (non-hydrogen) atoms. The number of aromatic nitrogens is 2. The minimum atomic E-state index is 0.0503. The highest BCUT2D eigenvalue weighted by atomic mass is 35.5. The maximum absolute atomic E-state index is 12.1. The lowest BCUT2D eigenvalue weighted by Crippen LogP contribution is -2.09. The summed E-state index contributed by atoms with van der Waals surface area (Å²) < 4.78 is 0. The Bertz CT molecular complexity index is 706. The van der Waals surface area contributed by atoms with Gasteiger partial charge in [0.15, 0.2) is 0 Å². The van der Waals surface area contributed by atoms with E-state index >= 15 is 0 Å². The summed E-state index contributed by atoms with van der Waals surface area (Å²) >= 11 is 11.9. The predicted molar refractivity (Wildman–Crippen MR) is 90.0 cm³/mol. The van der Waals surface area contributed by atoms with E-state index in [1.165, 1.54) is 7.11 Å². The number of hydrogen-bond donors (Lipinski definition) is 0. The third kappa shape index (κ3) is 5.30. The quantitative estimate of drug-likeness (QED) is 0.563. The SMILES string of the molecule is CO/N=C(\CCC(=O)Cc1cccnn1)c1ccc(Cl)c(Cl)c1. The van der Waals surface area contributed by atoms with Crippen LogP contribution in [0.1, 0.15) is 24.1 Å². The normalized spacial score (nSPS) is 11.3. The van der Waals surface area contributed by atoms with Gasteiger partial charge in [-0.15, -0.1) is 0 Å². The molecule has 5 nitrogen and oxygen atoms in total. The Kier molecular flexibility index (Phi) is 6.50. The van der Waals surface area contributed by atoms with Crippen molar-refractivity contribution in [2.45, 2.75) is 19.3 Å². The van der Waals surface area contributed by atoms with Crippen LogP contribution in [0.15, 0.2) is 41.7 Å². The monoisotopic (exact) mass is 351 g/mol. The van der Waals surface area contributed by atoms with E-state index in [0.29, 0.717) is 34.3 Å². The predicted octanol–water partition coefficient (Wildman–Crippen LogP) is 3.73. The minimum Gasteiger partial charge on any atom is -0.399 e. The second kappa shape index (κ2) is 8.60. The Morgan fingerprint density at radius 3 is 2.70 bits per heavy atom. The molecule has 0 aliphatic carbocycles. The minimum absolute atomic E-state index is 0.0503. The molecule has 0 fully saturated rings. The lowest BCUT2D eigenvalue weighted by atomic mass is 10.0. The van der Waals surface area contributed by atoms with Crippen LogP contribution < -0.4 is 0 Å². The average molecular weight is 352 g/mol. The average Bonchev–Trinajstić information content (AvgIpc) is 2.55. The highest BCUT2D eigenvalue weighted by Gasteiger charge is 2.11. The summed E-state index contributed by atoms with van der Waals surface area (Å²) in [7, 11) is 1.46. The number of oxime groups is 1. The molecule has 0 atom stereocenters. The zero-order valence-corrected chi connectivity index (χ0v) is 14.0. The number of rotatable bonds is 7. The second-order valence-electron chi connectivity index (χ2n) is 4.78. The number of nitrogens with zero attached hydrogens (tertiary/aromatic N) is 3. The van der Waals surface area contributed by atoms with Crippen LogP contribution in [0, 0.1) is 0 Å². The first-order chi connectivity index (χ1) is 11.1. The highest BCUT2D eigenvalue weighted by Crippen LogP contribution is 2.23. The number of halogens is 2. The van der Waals surface area contributed by atoms with Gasteiger partial charge in [0.25, 0.3) is 0 Å². The zero-order valence-electron chi connectivity index (χ0n) is 12.5. The fourth-order valence-corrected chi connectivity index (χ4v) is 2.30. The Balaban J connectivity index is 2.01. The summed E-state index contributed by atoms with van der Waals surface area (Å²) in [6.45, 7) is 0.